The Hall–Kier alpha value is -0.860. The van der Waals surface area contributed by atoms with Crippen molar-refractivity contribution in [3.05, 3.63) is 35.4 Å². The third kappa shape index (κ3) is 1.40. The van der Waals surface area contributed by atoms with Gasteiger partial charge in [0.2, 0.25) is 0 Å². The number of rotatable bonds is 1. The summed E-state index contributed by atoms with van der Waals surface area (Å²) in [6.07, 6.45) is 2.75. The molecule has 0 radical (unpaired) electrons. The smallest absolute Gasteiger partial charge is 0.114 e. The summed E-state index contributed by atoms with van der Waals surface area (Å²) in [6.45, 7) is 1.11. The zero-order chi connectivity index (χ0) is 10.3. The fraction of sp³-hybridized carbons (Fsp3) is 0.538. The van der Waals surface area contributed by atoms with E-state index >= 15 is 0 Å². The Balaban J connectivity index is 2.02. The zero-order valence-electron chi connectivity index (χ0n) is 9.07. The molecule has 0 spiro atoms. The van der Waals surface area contributed by atoms with Gasteiger partial charge in [-0.1, -0.05) is 24.3 Å². The van der Waals surface area contributed by atoms with Crippen molar-refractivity contribution in [2.45, 2.75) is 25.0 Å². The molecule has 0 amide bonds. The third-order valence-electron chi connectivity index (χ3n) is 3.87. The average molecular weight is 203 g/mol. The van der Waals surface area contributed by atoms with E-state index in [1.165, 1.54) is 24.0 Å². The second-order valence-electron chi connectivity index (χ2n) is 4.59. The summed E-state index contributed by atoms with van der Waals surface area (Å²) in [5.74, 6) is 1.34. The van der Waals surface area contributed by atoms with Gasteiger partial charge in [0.15, 0.2) is 0 Å². The Labute approximate surface area is 90.6 Å². The fourth-order valence-corrected chi connectivity index (χ4v) is 3.13. The summed E-state index contributed by atoms with van der Waals surface area (Å²) in [5, 5.41) is 3.47. The van der Waals surface area contributed by atoms with Gasteiger partial charge < -0.3 is 4.74 Å². The van der Waals surface area contributed by atoms with Crippen LogP contribution in [0.2, 0.25) is 0 Å². The highest BCUT2D eigenvalue weighted by molar-refractivity contribution is 5.35. The van der Waals surface area contributed by atoms with Crippen LogP contribution in [0.15, 0.2) is 24.3 Å². The van der Waals surface area contributed by atoms with Crippen LogP contribution in [0.3, 0.4) is 0 Å². The van der Waals surface area contributed by atoms with Crippen LogP contribution in [0.1, 0.15) is 23.5 Å². The Kier molecular flexibility index (Phi) is 2.26. The van der Waals surface area contributed by atoms with Crippen LogP contribution in [0, 0.1) is 5.92 Å². The second kappa shape index (κ2) is 3.62. The molecule has 1 heterocycles. The molecule has 1 saturated heterocycles. The molecule has 1 aliphatic heterocycles. The standard InChI is InChI=1S/C13H17NO/c1-15-13-12-10(8-14-13)7-6-9-4-2-3-5-11(9)12/h2-5,10,12-14H,6-8H2,1H3. The summed E-state index contributed by atoms with van der Waals surface area (Å²) in [4.78, 5) is 0. The summed E-state index contributed by atoms with van der Waals surface area (Å²) < 4.78 is 5.53. The number of hydrogen-bond acceptors (Lipinski definition) is 2. The first-order chi connectivity index (χ1) is 7.40. The number of benzene rings is 1. The molecule has 1 aromatic rings. The molecule has 1 fully saturated rings. The van der Waals surface area contributed by atoms with Gasteiger partial charge in [-0.15, -0.1) is 0 Å². The minimum Gasteiger partial charge on any atom is -0.366 e. The topological polar surface area (TPSA) is 21.3 Å². The predicted molar refractivity (Wildman–Crippen MR) is 59.8 cm³/mol. The van der Waals surface area contributed by atoms with E-state index in [0.717, 1.165) is 12.5 Å². The minimum atomic E-state index is 0.219. The number of ether oxygens (including phenoxy) is 1. The molecule has 0 aromatic heterocycles. The van der Waals surface area contributed by atoms with Gasteiger partial charge in [-0.2, -0.15) is 0 Å². The Morgan fingerprint density at radius 2 is 2.20 bits per heavy atom. The molecule has 2 heteroatoms. The molecule has 0 bridgehead atoms. The second-order valence-corrected chi connectivity index (χ2v) is 4.59. The van der Waals surface area contributed by atoms with Gasteiger partial charge in [-0.3, -0.25) is 5.32 Å². The van der Waals surface area contributed by atoms with Crippen LogP contribution in [0.4, 0.5) is 0 Å². The molecule has 1 N–H and O–H groups in total. The van der Waals surface area contributed by atoms with Crippen LogP contribution in [0.25, 0.3) is 0 Å². The number of nitrogens with one attached hydrogen (secondary N) is 1. The van der Waals surface area contributed by atoms with E-state index in [1.807, 2.05) is 0 Å². The van der Waals surface area contributed by atoms with E-state index in [0.29, 0.717) is 5.92 Å². The van der Waals surface area contributed by atoms with Crippen molar-refractivity contribution in [2.24, 2.45) is 5.92 Å². The molecule has 2 nitrogen and oxygen atoms in total. The van der Waals surface area contributed by atoms with E-state index < -0.39 is 0 Å². The van der Waals surface area contributed by atoms with Crippen LogP contribution >= 0.6 is 0 Å². The van der Waals surface area contributed by atoms with E-state index in [-0.39, 0.29) is 6.23 Å². The molecule has 3 unspecified atom stereocenters. The molecule has 3 atom stereocenters. The largest absolute Gasteiger partial charge is 0.366 e. The Morgan fingerprint density at radius 1 is 1.33 bits per heavy atom. The molecule has 3 rings (SSSR count). The third-order valence-corrected chi connectivity index (χ3v) is 3.87. The van der Waals surface area contributed by atoms with Crippen LogP contribution in [-0.2, 0) is 11.2 Å². The lowest BCUT2D eigenvalue weighted by Crippen LogP contribution is -2.29. The van der Waals surface area contributed by atoms with Crippen molar-refractivity contribution in [3.8, 4) is 0 Å². The molecular formula is C13H17NO. The number of hydrogen-bond donors (Lipinski definition) is 1. The lowest BCUT2D eigenvalue weighted by molar-refractivity contribution is 0.0701. The zero-order valence-corrected chi connectivity index (χ0v) is 9.07. The van der Waals surface area contributed by atoms with E-state index in [9.17, 15) is 0 Å². The summed E-state index contributed by atoms with van der Waals surface area (Å²) >= 11 is 0. The highest BCUT2D eigenvalue weighted by Crippen LogP contribution is 2.41. The molecule has 1 aromatic carbocycles. The van der Waals surface area contributed by atoms with Crippen LogP contribution in [-0.4, -0.2) is 19.9 Å². The van der Waals surface area contributed by atoms with Crippen LogP contribution in [0.5, 0.6) is 0 Å². The van der Waals surface area contributed by atoms with Gasteiger partial charge in [-0.05, 0) is 29.9 Å². The van der Waals surface area contributed by atoms with Gasteiger partial charge in [-0.25, -0.2) is 0 Å². The lowest BCUT2D eigenvalue weighted by Gasteiger charge is -2.30. The number of fused-ring (bicyclic) bond motifs is 3. The van der Waals surface area contributed by atoms with Crippen molar-refractivity contribution < 1.29 is 4.74 Å². The lowest BCUT2D eigenvalue weighted by atomic mass is 9.76. The monoisotopic (exact) mass is 203 g/mol. The molecule has 1 aliphatic carbocycles. The Morgan fingerprint density at radius 3 is 3.07 bits per heavy atom. The minimum absolute atomic E-state index is 0.219. The van der Waals surface area contributed by atoms with Crippen molar-refractivity contribution in [1.29, 1.82) is 0 Å². The molecular weight excluding hydrogens is 186 g/mol. The molecule has 15 heavy (non-hydrogen) atoms. The molecule has 80 valence electrons. The number of methoxy groups -OCH3 is 1. The van der Waals surface area contributed by atoms with Gasteiger partial charge >= 0.3 is 0 Å². The van der Waals surface area contributed by atoms with Gasteiger partial charge in [0.25, 0.3) is 0 Å². The molecule has 0 saturated carbocycles. The summed E-state index contributed by atoms with van der Waals surface area (Å²) in [6, 6.07) is 8.82. The first kappa shape index (κ1) is 9.37. The summed E-state index contributed by atoms with van der Waals surface area (Å²) in [7, 11) is 1.80. The fourth-order valence-electron chi connectivity index (χ4n) is 3.13. The Bertz CT molecular complexity index is 363. The van der Waals surface area contributed by atoms with Gasteiger partial charge in [0.1, 0.15) is 6.23 Å². The predicted octanol–water partition coefficient (Wildman–Crippen LogP) is 1.91. The highest BCUT2D eigenvalue weighted by Gasteiger charge is 2.40. The van der Waals surface area contributed by atoms with E-state index in [1.54, 1.807) is 7.11 Å². The van der Waals surface area contributed by atoms with Crippen molar-refractivity contribution in [3.63, 3.8) is 0 Å². The van der Waals surface area contributed by atoms with Crippen molar-refractivity contribution in [1.82, 2.24) is 5.32 Å². The number of aryl methyl sites for hydroxylation is 1. The molecule has 2 aliphatic rings. The van der Waals surface area contributed by atoms with E-state index in [2.05, 4.69) is 29.6 Å². The summed E-state index contributed by atoms with van der Waals surface area (Å²) in [5.41, 5.74) is 3.02. The maximum atomic E-state index is 5.53. The quantitative estimate of drug-likeness (QED) is 0.752. The SMILES string of the molecule is COC1NCC2CCc3ccccc3C21. The maximum Gasteiger partial charge on any atom is 0.114 e. The normalized spacial score (nSPS) is 33.5. The highest BCUT2D eigenvalue weighted by atomic mass is 16.5. The van der Waals surface area contributed by atoms with Gasteiger partial charge in [0.05, 0.1) is 0 Å². The maximum absolute atomic E-state index is 5.53. The van der Waals surface area contributed by atoms with Gasteiger partial charge in [0, 0.05) is 19.6 Å². The van der Waals surface area contributed by atoms with Crippen LogP contribution < -0.4 is 5.32 Å². The average Bonchev–Trinajstić information content (AvgIpc) is 2.72. The first-order valence-corrected chi connectivity index (χ1v) is 5.74. The van der Waals surface area contributed by atoms with Crippen molar-refractivity contribution >= 4 is 0 Å². The first-order valence-electron chi connectivity index (χ1n) is 5.74. The van der Waals surface area contributed by atoms with Crippen molar-refractivity contribution in [2.75, 3.05) is 13.7 Å². The van der Waals surface area contributed by atoms with E-state index in [4.69, 9.17) is 4.74 Å².